The first kappa shape index (κ1) is 28.7. The number of carboxylic acid groups (broad SMARTS) is 1. The van der Waals surface area contributed by atoms with Gasteiger partial charge < -0.3 is 10.2 Å². The molecular formula is C33H37NO7. The Morgan fingerprint density at radius 1 is 1.12 bits per heavy atom. The Balaban J connectivity index is 1.54. The largest absolute Gasteiger partial charge is 0.507 e. The van der Waals surface area contributed by atoms with Crippen LogP contribution in [-0.2, 0) is 30.4 Å². The van der Waals surface area contributed by atoms with E-state index in [1.165, 1.54) is 11.0 Å². The molecule has 1 aliphatic heterocycles. The molecule has 0 aromatic heterocycles. The van der Waals surface area contributed by atoms with Gasteiger partial charge in [-0.3, -0.25) is 28.9 Å². The normalized spacial score (nSPS) is 30.8. The molecule has 0 unspecified atom stereocenters. The zero-order valence-electron chi connectivity index (χ0n) is 23.6. The van der Waals surface area contributed by atoms with E-state index < -0.39 is 41.0 Å². The summed E-state index contributed by atoms with van der Waals surface area (Å²) in [6.45, 7) is 7.48. The molecule has 0 radical (unpaired) electrons. The summed E-state index contributed by atoms with van der Waals surface area (Å²) in [4.78, 5) is 66.8. The number of phenols is 1. The van der Waals surface area contributed by atoms with Crippen LogP contribution in [0.1, 0.15) is 69.4 Å². The average molecular weight is 560 g/mol. The number of aliphatic carboxylic acids is 1. The molecule has 4 aliphatic rings. The third-order valence-electron chi connectivity index (χ3n) is 9.83. The summed E-state index contributed by atoms with van der Waals surface area (Å²) >= 11 is 0. The van der Waals surface area contributed by atoms with Crippen LogP contribution in [0.2, 0.25) is 0 Å². The van der Waals surface area contributed by atoms with Gasteiger partial charge in [0.1, 0.15) is 5.75 Å². The van der Waals surface area contributed by atoms with Crippen LogP contribution >= 0.6 is 0 Å². The summed E-state index contributed by atoms with van der Waals surface area (Å²) in [5, 5.41) is 20.3. The number of hydrogen-bond donors (Lipinski definition) is 2. The highest BCUT2D eigenvalue weighted by Gasteiger charge is 2.63. The van der Waals surface area contributed by atoms with Crippen molar-refractivity contribution in [1.82, 2.24) is 4.90 Å². The van der Waals surface area contributed by atoms with Gasteiger partial charge in [0.15, 0.2) is 11.6 Å². The molecule has 1 saturated carbocycles. The number of nitrogens with zero attached hydrogens (tertiary/aromatic N) is 1. The molecule has 6 atom stereocenters. The fourth-order valence-electron chi connectivity index (χ4n) is 7.91. The van der Waals surface area contributed by atoms with E-state index in [1.807, 2.05) is 19.1 Å². The summed E-state index contributed by atoms with van der Waals surface area (Å²) in [5.74, 6) is -4.52. The second-order valence-corrected chi connectivity index (χ2v) is 12.1. The number of ketones is 2. The SMILES string of the molecule is C=CCc1cccc([C@H]2C3=CC[C@@H]4C(=O)N(CCCCCC(=O)O)C(=O)[C@@H]4[C@@H]3C[C@H]3C(=O)C=C(C)C(=O)[C@@]23C)c1O. The van der Waals surface area contributed by atoms with Crippen molar-refractivity contribution >= 4 is 29.4 Å². The summed E-state index contributed by atoms with van der Waals surface area (Å²) in [5.41, 5.74) is 1.29. The highest BCUT2D eigenvalue weighted by molar-refractivity contribution is 6.13. The topological polar surface area (TPSA) is 129 Å². The van der Waals surface area contributed by atoms with Crippen molar-refractivity contribution in [3.05, 3.63) is 65.3 Å². The van der Waals surface area contributed by atoms with Crippen molar-refractivity contribution in [1.29, 1.82) is 0 Å². The van der Waals surface area contributed by atoms with Gasteiger partial charge in [-0.05, 0) is 62.2 Å². The number of Topliss-reactive ketones (excluding diaryl/α,β-unsaturated/α-hetero) is 1. The second-order valence-electron chi connectivity index (χ2n) is 12.1. The molecule has 0 bridgehead atoms. The fourth-order valence-corrected chi connectivity index (χ4v) is 7.91. The lowest BCUT2D eigenvalue weighted by atomic mass is 9.47. The first-order valence-corrected chi connectivity index (χ1v) is 14.5. The number of imide groups is 1. The van der Waals surface area contributed by atoms with Gasteiger partial charge in [-0.2, -0.15) is 0 Å². The van der Waals surface area contributed by atoms with E-state index in [9.17, 15) is 29.1 Å². The predicted molar refractivity (Wildman–Crippen MR) is 151 cm³/mol. The molecule has 0 spiro atoms. The minimum atomic E-state index is -1.15. The van der Waals surface area contributed by atoms with E-state index in [4.69, 9.17) is 5.11 Å². The monoisotopic (exact) mass is 559 g/mol. The number of hydrogen-bond acceptors (Lipinski definition) is 6. The molecule has 41 heavy (non-hydrogen) atoms. The van der Waals surface area contributed by atoms with Gasteiger partial charge in [0.05, 0.1) is 17.3 Å². The van der Waals surface area contributed by atoms with Crippen LogP contribution in [0.5, 0.6) is 5.75 Å². The second kappa shape index (κ2) is 10.9. The van der Waals surface area contributed by atoms with Gasteiger partial charge in [-0.15, -0.1) is 6.58 Å². The Morgan fingerprint density at radius 2 is 1.88 bits per heavy atom. The zero-order chi connectivity index (χ0) is 29.6. The van der Waals surface area contributed by atoms with Crippen LogP contribution in [0.15, 0.2) is 54.2 Å². The van der Waals surface area contributed by atoms with Gasteiger partial charge in [0.2, 0.25) is 11.8 Å². The lowest BCUT2D eigenvalue weighted by molar-refractivity contribution is -0.142. The number of phenolic OH excluding ortho intramolecular Hbond substituents is 1. The Labute approximate surface area is 239 Å². The number of carbonyl (C=O) groups is 5. The molecule has 1 heterocycles. The van der Waals surface area contributed by atoms with Crippen molar-refractivity contribution in [3.63, 3.8) is 0 Å². The standard InChI is InChI=1S/C33H37NO7/c1-4-9-19-10-8-11-22(29(19)38)28-20-13-14-21-27(32(41)34(31(21)40)15-7-5-6-12-26(36)37)23(20)17-24-25(35)16-18(2)30(39)33(24,28)3/h4,8,10-11,13,16,21,23-24,27-28,38H,1,5-7,9,12,14-15,17H2,2-3H3,(H,36,37)/t21-,23+,24-,27-,28+,33+/m0/s1. The number of rotatable bonds is 9. The number of unbranched alkanes of at least 4 members (excludes halogenated alkanes) is 2. The molecule has 8 heteroatoms. The molecule has 1 aromatic carbocycles. The molecule has 216 valence electrons. The van der Waals surface area contributed by atoms with E-state index in [0.717, 1.165) is 5.57 Å². The van der Waals surface area contributed by atoms with Crippen molar-refractivity contribution in [3.8, 4) is 5.75 Å². The predicted octanol–water partition coefficient (Wildman–Crippen LogP) is 4.52. The van der Waals surface area contributed by atoms with Gasteiger partial charge in [-0.1, -0.05) is 49.3 Å². The van der Waals surface area contributed by atoms with E-state index in [-0.39, 0.29) is 48.5 Å². The van der Waals surface area contributed by atoms with Crippen molar-refractivity contribution < 1.29 is 34.2 Å². The number of para-hydroxylation sites is 1. The molecular weight excluding hydrogens is 522 g/mol. The number of fused-ring (bicyclic) bond motifs is 4. The lowest BCUT2D eigenvalue weighted by Gasteiger charge is -2.53. The van der Waals surface area contributed by atoms with Crippen LogP contribution in [-0.4, -0.2) is 51.0 Å². The third-order valence-corrected chi connectivity index (χ3v) is 9.83. The Bertz CT molecular complexity index is 1400. The number of carboxylic acids is 1. The minimum Gasteiger partial charge on any atom is -0.507 e. The quantitative estimate of drug-likeness (QED) is 0.259. The Morgan fingerprint density at radius 3 is 2.59 bits per heavy atom. The van der Waals surface area contributed by atoms with Crippen LogP contribution in [0.3, 0.4) is 0 Å². The van der Waals surface area contributed by atoms with Gasteiger partial charge in [0, 0.05) is 30.4 Å². The highest BCUT2D eigenvalue weighted by Crippen LogP contribution is 2.63. The Kier molecular flexibility index (Phi) is 7.62. The number of allylic oxidation sites excluding steroid dienone is 5. The molecule has 2 N–H and O–H groups in total. The molecule has 1 saturated heterocycles. The van der Waals surface area contributed by atoms with Gasteiger partial charge in [0.25, 0.3) is 0 Å². The zero-order valence-corrected chi connectivity index (χ0v) is 23.6. The first-order chi connectivity index (χ1) is 19.5. The molecule has 2 fully saturated rings. The smallest absolute Gasteiger partial charge is 0.303 e. The minimum absolute atomic E-state index is 0.0472. The van der Waals surface area contributed by atoms with Crippen molar-refractivity contribution in [2.45, 2.75) is 64.7 Å². The van der Waals surface area contributed by atoms with Crippen LogP contribution in [0, 0.1) is 29.1 Å². The third kappa shape index (κ3) is 4.57. The Hall–Kier alpha value is -3.81. The van der Waals surface area contributed by atoms with Crippen molar-refractivity contribution in [2.75, 3.05) is 6.54 Å². The number of carbonyl (C=O) groups excluding carboxylic acids is 4. The maximum Gasteiger partial charge on any atom is 0.303 e. The summed E-state index contributed by atoms with van der Waals surface area (Å²) in [6, 6.07) is 5.43. The van der Waals surface area contributed by atoms with E-state index in [0.29, 0.717) is 48.8 Å². The van der Waals surface area contributed by atoms with Crippen LogP contribution < -0.4 is 0 Å². The van der Waals surface area contributed by atoms with Gasteiger partial charge >= 0.3 is 5.97 Å². The van der Waals surface area contributed by atoms with Crippen LogP contribution in [0.4, 0.5) is 0 Å². The molecule has 5 rings (SSSR count). The number of amides is 2. The van der Waals surface area contributed by atoms with E-state index in [2.05, 4.69) is 6.58 Å². The average Bonchev–Trinajstić information content (AvgIpc) is 3.17. The number of aromatic hydroxyl groups is 1. The highest BCUT2D eigenvalue weighted by atomic mass is 16.4. The molecule has 1 aromatic rings. The first-order valence-electron chi connectivity index (χ1n) is 14.5. The number of likely N-dealkylation sites (tertiary alicyclic amines) is 1. The van der Waals surface area contributed by atoms with E-state index in [1.54, 1.807) is 25.1 Å². The van der Waals surface area contributed by atoms with Crippen LogP contribution in [0.25, 0.3) is 0 Å². The maximum absolute atomic E-state index is 13.9. The lowest BCUT2D eigenvalue weighted by Crippen LogP contribution is -2.54. The number of benzene rings is 1. The van der Waals surface area contributed by atoms with Crippen molar-refractivity contribution in [2.24, 2.45) is 29.1 Å². The molecule has 8 nitrogen and oxygen atoms in total. The fraction of sp³-hybridized carbons (Fsp3) is 0.485. The van der Waals surface area contributed by atoms with E-state index >= 15 is 0 Å². The summed E-state index contributed by atoms with van der Waals surface area (Å²) < 4.78 is 0. The van der Waals surface area contributed by atoms with Gasteiger partial charge in [-0.25, -0.2) is 0 Å². The summed E-state index contributed by atoms with van der Waals surface area (Å²) in [7, 11) is 0. The summed E-state index contributed by atoms with van der Waals surface area (Å²) in [6.07, 6.45) is 7.78. The molecule has 3 aliphatic carbocycles. The molecule has 2 amide bonds. The maximum atomic E-state index is 13.9.